The summed E-state index contributed by atoms with van der Waals surface area (Å²) in [6.07, 6.45) is 0.542. The molecule has 1 aromatic rings. The van der Waals surface area contributed by atoms with Gasteiger partial charge in [0.25, 0.3) is 0 Å². The molecule has 0 saturated carbocycles. The van der Waals surface area contributed by atoms with Crippen LogP contribution in [0.3, 0.4) is 0 Å². The van der Waals surface area contributed by atoms with Gasteiger partial charge in [0.15, 0.2) is 5.03 Å². The minimum atomic E-state index is -0.377. The number of rotatable bonds is 6. The summed E-state index contributed by atoms with van der Waals surface area (Å²) in [4.78, 5) is 10.6. The standard InChI is InChI=1S/C10H17N3O3S/c1-4-8-9(13(15)16)10(12(3)11-8)17-6-7(2)5-14/h7,14H,4-6H2,1-3H3. The molecule has 96 valence electrons. The normalized spacial score (nSPS) is 12.7. The SMILES string of the molecule is CCc1nn(C)c(SCC(C)CO)c1[N+](=O)[O-]. The van der Waals surface area contributed by atoms with Gasteiger partial charge in [0.05, 0.1) is 4.92 Å². The number of nitrogens with zero attached hydrogens (tertiary/aromatic N) is 3. The lowest BCUT2D eigenvalue weighted by molar-refractivity contribution is -0.388. The maximum absolute atomic E-state index is 11.0. The van der Waals surface area contributed by atoms with Gasteiger partial charge in [0.2, 0.25) is 0 Å². The molecule has 0 bridgehead atoms. The summed E-state index contributed by atoms with van der Waals surface area (Å²) in [5, 5.41) is 24.7. The van der Waals surface area contributed by atoms with Crippen molar-refractivity contribution in [2.45, 2.75) is 25.3 Å². The lowest BCUT2D eigenvalue weighted by atomic mass is 10.2. The molecule has 1 rings (SSSR count). The highest BCUT2D eigenvalue weighted by Gasteiger charge is 2.25. The Bertz CT molecular complexity index is 406. The number of aliphatic hydroxyl groups excluding tert-OH is 1. The Hall–Kier alpha value is -1.08. The van der Waals surface area contributed by atoms with Crippen molar-refractivity contribution in [3.05, 3.63) is 15.8 Å². The summed E-state index contributed by atoms with van der Waals surface area (Å²) in [5.41, 5.74) is 0.613. The molecule has 1 unspecified atom stereocenters. The molecule has 1 N–H and O–H groups in total. The van der Waals surface area contributed by atoms with Gasteiger partial charge >= 0.3 is 5.69 Å². The van der Waals surface area contributed by atoms with Crippen molar-refractivity contribution in [3.63, 3.8) is 0 Å². The van der Waals surface area contributed by atoms with Crippen molar-refractivity contribution in [2.24, 2.45) is 13.0 Å². The van der Waals surface area contributed by atoms with Gasteiger partial charge in [-0.15, -0.1) is 0 Å². The third kappa shape index (κ3) is 3.19. The van der Waals surface area contributed by atoms with E-state index in [1.807, 2.05) is 13.8 Å². The Balaban J connectivity index is 2.97. The van der Waals surface area contributed by atoms with Crippen LogP contribution in [-0.2, 0) is 13.5 Å². The fourth-order valence-corrected chi connectivity index (χ4v) is 2.51. The summed E-state index contributed by atoms with van der Waals surface area (Å²) in [6, 6.07) is 0. The minimum Gasteiger partial charge on any atom is -0.396 e. The van der Waals surface area contributed by atoms with Gasteiger partial charge in [-0.2, -0.15) is 5.10 Å². The quantitative estimate of drug-likeness (QED) is 0.477. The van der Waals surface area contributed by atoms with Crippen LogP contribution in [0.2, 0.25) is 0 Å². The second kappa shape index (κ2) is 6.02. The average Bonchev–Trinajstić information content (AvgIpc) is 2.62. The fraction of sp³-hybridized carbons (Fsp3) is 0.700. The minimum absolute atomic E-state index is 0.0826. The van der Waals surface area contributed by atoms with Crippen molar-refractivity contribution in [1.82, 2.24) is 9.78 Å². The first-order valence-electron chi connectivity index (χ1n) is 5.45. The van der Waals surface area contributed by atoms with E-state index in [9.17, 15) is 10.1 Å². The highest BCUT2D eigenvalue weighted by atomic mass is 32.2. The third-order valence-electron chi connectivity index (χ3n) is 2.37. The van der Waals surface area contributed by atoms with E-state index in [-0.39, 0.29) is 23.1 Å². The molecule has 0 radical (unpaired) electrons. The molecule has 6 nitrogen and oxygen atoms in total. The number of hydrogen-bond acceptors (Lipinski definition) is 5. The van der Waals surface area contributed by atoms with Crippen molar-refractivity contribution < 1.29 is 10.0 Å². The van der Waals surface area contributed by atoms with E-state index in [0.717, 1.165) is 0 Å². The highest BCUT2D eigenvalue weighted by molar-refractivity contribution is 7.99. The number of thioether (sulfide) groups is 1. The fourth-order valence-electron chi connectivity index (χ4n) is 1.41. The van der Waals surface area contributed by atoms with E-state index >= 15 is 0 Å². The van der Waals surface area contributed by atoms with Gasteiger partial charge in [-0.3, -0.25) is 14.8 Å². The van der Waals surface area contributed by atoms with E-state index in [0.29, 0.717) is 22.9 Å². The first-order chi connectivity index (χ1) is 8.01. The molecule has 0 aliphatic rings. The summed E-state index contributed by atoms with van der Waals surface area (Å²) >= 11 is 1.37. The molecule has 7 heteroatoms. The van der Waals surface area contributed by atoms with Crippen molar-refractivity contribution >= 4 is 17.4 Å². The Labute approximate surface area is 104 Å². The monoisotopic (exact) mass is 259 g/mol. The predicted molar refractivity (Wildman–Crippen MR) is 66.2 cm³/mol. The molecule has 0 spiro atoms. The molecule has 1 heterocycles. The molecular formula is C10H17N3O3S. The topological polar surface area (TPSA) is 81.2 Å². The molecule has 0 aliphatic heterocycles. The van der Waals surface area contributed by atoms with E-state index in [1.165, 1.54) is 11.8 Å². The maximum Gasteiger partial charge on any atom is 0.323 e. The van der Waals surface area contributed by atoms with Gasteiger partial charge in [-0.05, 0) is 12.3 Å². The number of nitro groups is 1. The molecule has 0 saturated heterocycles. The highest BCUT2D eigenvalue weighted by Crippen LogP contribution is 2.33. The first kappa shape index (κ1) is 14.0. The summed E-state index contributed by atoms with van der Waals surface area (Å²) in [5.74, 6) is 0.750. The van der Waals surface area contributed by atoms with Gasteiger partial charge in [0, 0.05) is 19.4 Å². The molecular weight excluding hydrogens is 242 g/mol. The van der Waals surface area contributed by atoms with Crippen LogP contribution in [0, 0.1) is 16.0 Å². The zero-order chi connectivity index (χ0) is 13.0. The Morgan fingerprint density at radius 1 is 1.65 bits per heavy atom. The zero-order valence-corrected chi connectivity index (χ0v) is 11.0. The van der Waals surface area contributed by atoms with Crippen LogP contribution in [0.1, 0.15) is 19.5 Å². The van der Waals surface area contributed by atoms with Crippen LogP contribution < -0.4 is 0 Å². The van der Waals surface area contributed by atoms with Crippen LogP contribution >= 0.6 is 11.8 Å². The number of aromatic nitrogens is 2. The Morgan fingerprint density at radius 3 is 2.76 bits per heavy atom. The molecule has 0 aliphatic carbocycles. The summed E-state index contributed by atoms with van der Waals surface area (Å²) in [7, 11) is 1.71. The molecule has 0 fully saturated rings. The summed E-state index contributed by atoms with van der Waals surface area (Å²) in [6.45, 7) is 3.83. The van der Waals surface area contributed by atoms with Crippen LogP contribution in [0.15, 0.2) is 5.03 Å². The van der Waals surface area contributed by atoms with Crippen LogP contribution in [0.4, 0.5) is 5.69 Å². The van der Waals surface area contributed by atoms with Gasteiger partial charge in [-0.1, -0.05) is 25.6 Å². The maximum atomic E-state index is 11.0. The van der Waals surface area contributed by atoms with Crippen molar-refractivity contribution in [1.29, 1.82) is 0 Å². The number of aliphatic hydroxyl groups is 1. The second-order valence-corrected chi connectivity index (χ2v) is 4.94. The third-order valence-corrected chi connectivity index (χ3v) is 3.84. The van der Waals surface area contributed by atoms with Crippen LogP contribution in [-0.4, -0.2) is 32.2 Å². The van der Waals surface area contributed by atoms with Crippen molar-refractivity contribution in [3.8, 4) is 0 Å². The lowest BCUT2D eigenvalue weighted by Gasteiger charge is -2.06. The summed E-state index contributed by atoms with van der Waals surface area (Å²) < 4.78 is 1.55. The van der Waals surface area contributed by atoms with E-state index < -0.39 is 0 Å². The molecule has 17 heavy (non-hydrogen) atoms. The van der Waals surface area contributed by atoms with Gasteiger partial charge in [0.1, 0.15) is 5.69 Å². The van der Waals surface area contributed by atoms with E-state index in [2.05, 4.69) is 5.10 Å². The Morgan fingerprint density at radius 2 is 2.29 bits per heavy atom. The average molecular weight is 259 g/mol. The van der Waals surface area contributed by atoms with Crippen LogP contribution in [0.25, 0.3) is 0 Å². The second-order valence-electron chi connectivity index (χ2n) is 3.93. The molecule has 1 atom stereocenters. The van der Waals surface area contributed by atoms with Gasteiger partial charge < -0.3 is 5.11 Å². The Kier molecular flexibility index (Phi) is 4.95. The van der Waals surface area contributed by atoms with Crippen LogP contribution in [0.5, 0.6) is 0 Å². The van der Waals surface area contributed by atoms with E-state index in [4.69, 9.17) is 5.11 Å². The number of aryl methyl sites for hydroxylation is 2. The molecule has 0 amide bonds. The zero-order valence-electron chi connectivity index (χ0n) is 10.2. The largest absolute Gasteiger partial charge is 0.396 e. The van der Waals surface area contributed by atoms with Crippen molar-refractivity contribution in [2.75, 3.05) is 12.4 Å². The predicted octanol–water partition coefficient (Wildman–Crippen LogP) is 1.61. The molecule has 0 aromatic carbocycles. The number of hydrogen-bond donors (Lipinski definition) is 1. The smallest absolute Gasteiger partial charge is 0.323 e. The molecule has 1 aromatic heterocycles. The van der Waals surface area contributed by atoms with E-state index in [1.54, 1.807) is 11.7 Å². The lowest BCUT2D eigenvalue weighted by Crippen LogP contribution is -2.05. The first-order valence-corrected chi connectivity index (χ1v) is 6.43. The van der Waals surface area contributed by atoms with Gasteiger partial charge in [-0.25, -0.2) is 0 Å².